The van der Waals surface area contributed by atoms with Crippen LogP contribution in [0.3, 0.4) is 0 Å². The maximum absolute atomic E-state index is 5.62. The van der Waals surface area contributed by atoms with Crippen molar-refractivity contribution >= 4 is 0 Å². The van der Waals surface area contributed by atoms with Crippen LogP contribution in [0.2, 0.25) is 0 Å². The third kappa shape index (κ3) is 1.93. The molecular weight excluding hydrogens is 234 g/mol. The van der Waals surface area contributed by atoms with Gasteiger partial charge < -0.3 is 4.74 Å². The van der Waals surface area contributed by atoms with Gasteiger partial charge in [0.05, 0.1) is 6.10 Å². The molecule has 2 heterocycles. The summed E-state index contributed by atoms with van der Waals surface area (Å²) < 4.78 is 5.62. The van der Waals surface area contributed by atoms with Crippen LogP contribution in [0.1, 0.15) is 36.8 Å². The molecule has 0 saturated carbocycles. The van der Waals surface area contributed by atoms with Gasteiger partial charge in [0.15, 0.2) is 0 Å². The first kappa shape index (κ1) is 11.9. The molecule has 3 atom stereocenters. The lowest BCUT2D eigenvalue weighted by molar-refractivity contribution is -0.0108. The van der Waals surface area contributed by atoms with Gasteiger partial charge in [0.1, 0.15) is 0 Å². The Morgan fingerprint density at radius 3 is 2.05 bits per heavy atom. The van der Waals surface area contributed by atoms with Gasteiger partial charge in [0.2, 0.25) is 0 Å². The van der Waals surface area contributed by atoms with Gasteiger partial charge in [-0.2, -0.15) is 0 Å². The zero-order chi connectivity index (χ0) is 12.8. The van der Waals surface area contributed by atoms with Gasteiger partial charge >= 0.3 is 0 Å². The van der Waals surface area contributed by atoms with Crippen LogP contribution in [0.25, 0.3) is 0 Å². The number of methoxy groups -OCH3 is 1. The van der Waals surface area contributed by atoms with Crippen molar-refractivity contribution in [2.45, 2.75) is 62.8 Å². The number of hydrogen-bond acceptors (Lipinski definition) is 2. The van der Waals surface area contributed by atoms with Gasteiger partial charge in [-0.05, 0) is 49.7 Å². The van der Waals surface area contributed by atoms with Crippen LogP contribution >= 0.6 is 0 Å². The van der Waals surface area contributed by atoms with Crippen LogP contribution in [-0.4, -0.2) is 36.2 Å². The van der Waals surface area contributed by atoms with Crippen LogP contribution in [0.15, 0.2) is 24.3 Å². The lowest BCUT2D eigenvalue weighted by Gasteiger charge is -2.42. The molecule has 0 radical (unpaired) electrons. The smallest absolute Gasteiger partial charge is 0.0601 e. The SMILES string of the molecule is COC1C[C@H]2CC[C@@H](C1)N2C1Cc2ccccc2C1. The first-order valence-electron chi connectivity index (χ1n) is 7.72. The molecular formula is C17H23NO. The molecule has 2 nitrogen and oxygen atoms in total. The van der Waals surface area contributed by atoms with Crippen molar-refractivity contribution in [3.63, 3.8) is 0 Å². The van der Waals surface area contributed by atoms with E-state index in [2.05, 4.69) is 29.2 Å². The topological polar surface area (TPSA) is 12.5 Å². The largest absolute Gasteiger partial charge is 0.381 e. The Balaban J connectivity index is 1.53. The Morgan fingerprint density at radius 1 is 0.947 bits per heavy atom. The van der Waals surface area contributed by atoms with E-state index >= 15 is 0 Å². The predicted octanol–water partition coefficient (Wildman–Crippen LogP) is 2.80. The molecule has 2 aliphatic heterocycles. The van der Waals surface area contributed by atoms with E-state index < -0.39 is 0 Å². The van der Waals surface area contributed by atoms with Gasteiger partial charge in [-0.15, -0.1) is 0 Å². The fourth-order valence-corrected chi connectivity index (χ4v) is 4.70. The summed E-state index contributed by atoms with van der Waals surface area (Å²) in [6.07, 6.45) is 8.31. The molecule has 0 amide bonds. The number of piperidine rings is 1. The van der Waals surface area contributed by atoms with E-state index in [0.29, 0.717) is 6.10 Å². The molecule has 19 heavy (non-hydrogen) atoms. The summed E-state index contributed by atoms with van der Waals surface area (Å²) in [4.78, 5) is 2.86. The Bertz CT molecular complexity index is 433. The second-order valence-electron chi connectivity index (χ2n) is 6.49. The van der Waals surface area contributed by atoms with Crippen molar-refractivity contribution in [3.8, 4) is 0 Å². The zero-order valence-electron chi connectivity index (χ0n) is 11.7. The molecule has 2 saturated heterocycles. The Morgan fingerprint density at radius 2 is 1.53 bits per heavy atom. The molecule has 3 aliphatic rings. The summed E-state index contributed by atoms with van der Waals surface area (Å²) in [5.41, 5.74) is 3.17. The number of rotatable bonds is 2. The van der Waals surface area contributed by atoms with E-state index in [0.717, 1.165) is 18.1 Å². The second kappa shape index (κ2) is 4.60. The minimum atomic E-state index is 0.512. The average molecular weight is 257 g/mol. The molecule has 1 unspecified atom stereocenters. The quantitative estimate of drug-likeness (QED) is 0.808. The maximum Gasteiger partial charge on any atom is 0.0601 e. The van der Waals surface area contributed by atoms with Crippen LogP contribution in [0.4, 0.5) is 0 Å². The van der Waals surface area contributed by atoms with Gasteiger partial charge in [-0.1, -0.05) is 24.3 Å². The van der Waals surface area contributed by atoms with Crippen LogP contribution < -0.4 is 0 Å². The highest BCUT2D eigenvalue weighted by atomic mass is 16.5. The third-order valence-electron chi connectivity index (χ3n) is 5.53. The summed E-state index contributed by atoms with van der Waals surface area (Å²) in [5.74, 6) is 0. The molecule has 1 aliphatic carbocycles. The second-order valence-corrected chi connectivity index (χ2v) is 6.49. The van der Waals surface area contributed by atoms with Crippen LogP contribution in [-0.2, 0) is 17.6 Å². The summed E-state index contributed by atoms with van der Waals surface area (Å²) in [6, 6.07) is 11.3. The fraction of sp³-hybridized carbons (Fsp3) is 0.647. The maximum atomic E-state index is 5.62. The predicted molar refractivity (Wildman–Crippen MR) is 76.3 cm³/mol. The first-order chi connectivity index (χ1) is 9.35. The van der Waals surface area contributed by atoms with Crippen LogP contribution in [0.5, 0.6) is 0 Å². The Labute approximate surface area is 115 Å². The molecule has 4 rings (SSSR count). The zero-order valence-corrected chi connectivity index (χ0v) is 11.7. The first-order valence-corrected chi connectivity index (χ1v) is 7.72. The Kier molecular flexibility index (Phi) is 2.89. The third-order valence-corrected chi connectivity index (χ3v) is 5.53. The number of benzene rings is 1. The van der Waals surface area contributed by atoms with Crippen molar-refractivity contribution in [1.82, 2.24) is 4.90 Å². The highest BCUT2D eigenvalue weighted by molar-refractivity contribution is 5.33. The molecule has 1 aromatic rings. The van der Waals surface area contributed by atoms with E-state index in [1.54, 1.807) is 11.1 Å². The summed E-state index contributed by atoms with van der Waals surface area (Å²) in [6.45, 7) is 0. The van der Waals surface area contributed by atoms with Crippen LogP contribution in [0, 0.1) is 0 Å². The molecule has 102 valence electrons. The molecule has 0 aromatic heterocycles. The summed E-state index contributed by atoms with van der Waals surface area (Å²) >= 11 is 0. The Hall–Kier alpha value is -0.860. The highest BCUT2D eigenvalue weighted by Gasteiger charge is 2.45. The van der Waals surface area contributed by atoms with Crippen molar-refractivity contribution in [2.75, 3.05) is 7.11 Å². The lowest BCUT2D eigenvalue weighted by Crippen LogP contribution is -2.50. The minimum Gasteiger partial charge on any atom is -0.381 e. The molecule has 2 heteroatoms. The molecule has 2 bridgehead atoms. The van der Waals surface area contributed by atoms with Gasteiger partial charge in [0, 0.05) is 25.2 Å². The van der Waals surface area contributed by atoms with E-state index in [4.69, 9.17) is 4.74 Å². The molecule has 1 aromatic carbocycles. The van der Waals surface area contributed by atoms with E-state index in [1.165, 1.54) is 38.5 Å². The van der Waals surface area contributed by atoms with Crippen molar-refractivity contribution in [3.05, 3.63) is 35.4 Å². The standard InChI is InChI=1S/C17H23NO/c1-19-17-10-14-6-7-15(11-17)18(14)16-8-12-4-2-3-5-13(12)9-16/h2-5,14-17H,6-11H2,1H3/t14-,15+,17?. The van der Waals surface area contributed by atoms with Gasteiger partial charge in [-0.3, -0.25) is 4.90 Å². The number of fused-ring (bicyclic) bond motifs is 3. The summed E-state index contributed by atoms with van der Waals surface area (Å²) in [7, 11) is 1.88. The molecule has 0 spiro atoms. The number of nitrogens with zero attached hydrogens (tertiary/aromatic N) is 1. The monoisotopic (exact) mass is 257 g/mol. The lowest BCUT2D eigenvalue weighted by atomic mass is 9.96. The fourth-order valence-electron chi connectivity index (χ4n) is 4.70. The number of ether oxygens (including phenoxy) is 1. The van der Waals surface area contributed by atoms with Gasteiger partial charge in [-0.25, -0.2) is 0 Å². The van der Waals surface area contributed by atoms with E-state index in [-0.39, 0.29) is 0 Å². The number of hydrogen-bond donors (Lipinski definition) is 0. The van der Waals surface area contributed by atoms with E-state index in [9.17, 15) is 0 Å². The van der Waals surface area contributed by atoms with E-state index in [1.807, 2.05) is 7.11 Å². The van der Waals surface area contributed by atoms with Crippen molar-refractivity contribution < 1.29 is 4.74 Å². The molecule has 2 fully saturated rings. The van der Waals surface area contributed by atoms with Crippen molar-refractivity contribution in [2.24, 2.45) is 0 Å². The average Bonchev–Trinajstić information content (AvgIpc) is 2.96. The van der Waals surface area contributed by atoms with Crippen molar-refractivity contribution in [1.29, 1.82) is 0 Å². The highest BCUT2D eigenvalue weighted by Crippen LogP contribution is 2.41. The molecule has 0 N–H and O–H groups in total. The minimum absolute atomic E-state index is 0.512. The van der Waals surface area contributed by atoms with Gasteiger partial charge in [0.25, 0.3) is 0 Å². The summed E-state index contributed by atoms with van der Waals surface area (Å²) in [5, 5.41) is 0. The normalized spacial score (nSPS) is 34.7.